The summed E-state index contributed by atoms with van der Waals surface area (Å²) in [4.78, 5) is 11.3. The number of nitrogens with one attached hydrogen (secondary N) is 2. The van der Waals surface area contributed by atoms with Crippen LogP contribution in [0.4, 0.5) is 0 Å². The van der Waals surface area contributed by atoms with Crippen LogP contribution in [0.5, 0.6) is 0 Å². The van der Waals surface area contributed by atoms with Crippen molar-refractivity contribution in [1.82, 2.24) is 25.4 Å². The standard InChI is InChI=1S/C11H17N5O/c1-3-4-12-8(2)7-9-15-11(16-17-9)10-13-5-6-14-10/h5-6,8,12H,3-4,7H2,1-2H3,(H,13,14). The van der Waals surface area contributed by atoms with E-state index in [0.29, 0.717) is 23.6 Å². The van der Waals surface area contributed by atoms with Gasteiger partial charge in [-0.3, -0.25) is 0 Å². The molecular weight excluding hydrogens is 218 g/mol. The minimum absolute atomic E-state index is 0.333. The van der Waals surface area contributed by atoms with Crippen LogP contribution in [0, 0.1) is 0 Å². The first-order valence-electron chi connectivity index (χ1n) is 5.85. The molecule has 2 N–H and O–H groups in total. The van der Waals surface area contributed by atoms with Gasteiger partial charge in [-0.2, -0.15) is 4.98 Å². The van der Waals surface area contributed by atoms with Gasteiger partial charge in [0.1, 0.15) is 0 Å². The van der Waals surface area contributed by atoms with Gasteiger partial charge in [-0.15, -0.1) is 0 Å². The van der Waals surface area contributed by atoms with E-state index < -0.39 is 0 Å². The molecule has 0 fully saturated rings. The van der Waals surface area contributed by atoms with Crippen molar-refractivity contribution in [2.24, 2.45) is 0 Å². The Kier molecular flexibility index (Phi) is 3.87. The van der Waals surface area contributed by atoms with Gasteiger partial charge in [0, 0.05) is 24.9 Å². The maximum absolute atomic E-state index is 5.18. The minimum Gasteiger partial charge on any atom is -0.342 e. The molecule has 1 unspecified atom stereocenters. The number of nitrogens with zero attached hydrogens (tertiary/aromatic N) is 3. The van der Waals surface area contributed by atoms with Crippen molar-refractivity contribution < 1.29 is 4.52 Å². The van der Waals surface area contributed by atoms with Crippen LogP contribution >= 0.6 is 0 Å². The van der Waals surface area contributed by atoms with E-state index in [4.69, 9.17) is 4.52 Å². The van der Waals surface area contributed by atoms with Crippen molar-refractivity contribution in [3.8, 4) is 11.6 Å². The molecule has 0 aliphatic rings. The molecule has 0 amide bonds. The third-order valence-corrected chi connectivity index (χ3v) is 2.40. The molecule has 0 spiro atoms. The third kappa shape index (κ3) is 3.13. The Hall–Kier alpha value is -1.69. The van der Waals surface area contributed by atoms with Crippen molar-refractivity contribution in [1.29, 1.82) is 0 Å². The van der Waals surface area contributed by atoms with Gasteiger partial charge in [0.2, 0.25) is 11.7 Å². The van der Waals surface area contributed by atoms with Crippen LogP contribution in [0.2, 0.25) is 0 Å². The summed E-state index contributed by atoms with van der Waals surface area (Å²) in [6, 6.07) is 0.333. The van der Waals surface area contributed by atoms with Crippen molar-refractivity contribution in [2.45, 2.75) is 32.7 Å². The number of hydrogen-bond donors (Lipinski definition) is 2. The van der Waals surface area contributed by atoms with E-state index >= 15 is 0 Å². The van der Waals surface area contributed by atoms with E-state index in [9.17, 15) is 0 Å². The van der Waals surface area contributed by atoms with Crippen LogP contribution < -0.4 is 5.32 Å². The molecule has 0 saturated heterocycles. The van der Waals surface area contributed by atoms with Gasteiger partial charge in [-0.1, -0.05) is 12.1 Å². The maximum atomic E-state index is 5.18. The predicted molar refractivity (Wildman–Crippen MR) is 63.3 cm³/mol. The zero-order valence-electron chi connectivity index (χ0n) is 10.1. The molecule has 0 aromatic carbocycles. The summed E-state index contributed by atoms with van der Waals surface area (Å²) >= 11 is 0. The molecule has 2 heterocycles. The summed E-state index contributed by atoms with van der Waals surface area (Å²) in [7, 11) is 0. The second kappa shape index (κ2) is 5.58. The highest BCUT2D eigenvalue weighted by Gasteiger charge is 2.12. The summed E-state index contributed by atoms with van der Waals surface area (Å²) in [5.41, 5.74) is 0. The summed E-state index contributed by atoms with van der Waals surface area (Å²) in [6.07, 6.45) is 5.24. The lowest BCUT2D eigenvalue weighted by Gasteiger charge is -2.09. The molecule has 0 aliphatic carbocycles. The summed E-state index contributed by atoms with van der Waals surface area (Å²) < 4.78 is 5.18. The highest BCUT2D eigenvalue weighted by Crippen LogP contribution is 2.10. The largest absolute Gasteiger partial charge is 0.342 e. The second-order valence-electron chi connectivity index (χ2n) is 4.01. The summed E-state index contributed by atoms with van der Waals surface area (Å²) in [5.74, 6) is 1.77. The van der Waals surface area contributed by atoms with Crippen LogP contribution in [0.15, 0.2) is 16.9 Å². The number of rotatable bonds is 6. The van der Waals surface area contributed by atoms with Crippen LogP contribution in [0.1, 0.15) is 26.2 Å². The molecule has 17 heavy (non-hydrogen) atoms. The molecule has 92 valence electrons. The van der Waals surface area contributed by atoms with Crippen molar-refractivity contribution >= 4 is 0 Å². The Balaban J connectivity index is 1.94. The van der Waals surface area contributed by atoms with Gasteiger partial charge in [-0.05, 0) is 19.9 Å². The molecule has 1 atom stereocenters. The summed E-state index contributed by atoms with van der Waals surface area (Å²) in [6.45, 7) is 5.24. The van der Waals surface area contributed by atoms with Crippen LogP contribution in [0.25, 0.3) is 11.6 Å². The van der Waals surface area contributed by atoms with E-state index in [1.165, 1.54) is 0 Å². The van der Waals surface area contributed by atoms with Crippen LogP contribution in [-0.4, -0.2) is 32.7 Å². The molecule has 2 aromatic rings. The van der Waals surface area contributed by atoms with Gasteiger partial charge in [-0.25, -0.2) is 4.98 Å². The Morgan fingerprint density at radius 2 is 2.41 bits per heavy atom. The lowest BCUT2D eigenvalue weighted by Crippen LogP contribution is -2.28. The molecular formula is C11H17N5O. The Morgan fingerprint density at radius 3 is 3.12 bits per heavy atom. The minimum atomic E-state index is 0.333. The lowest BCUT2D eigenvalue weighted by atomic mass is 10.2. The quantitative estimate of drug-likeness (QED) is 0.791. The van der Waals surface area contributed by atoms with E-state index in [1.54, 1.807) is 12.4 Å². The number of aromatic nitrogens is 4. The number of imidazole rings is 1. The van der Waals surface area contributed by atoms with Gasteiger partial charge in [0.15, 0.2) is 5.82 Å². The maximum Gasteiger partial charge on any atom is 0.238 e. The first-order valence-corrected chi connectivity index (χ1v) is 5.85. The molecule has 2 aromatic heterocycles. The summed E-state index contributed by atoms with van der Waals surface area (Å²) in [5, 5.41) is 7.26. The van der Waals surface area contributed by atoms with Crippen molar-refractivity contribution in [3.63, 3.8) is 0 Å². The number of hydrogen-bond acceptors (Lipinski definition) is 5. The Labute approximate surface area is 99.8 Å². The Morgan fingerprint density at radius 1 is 1.53 bits per heavy atom. The average Bonchev–Trinajstić information content (AvgIpc) is 2.95. The van der Waals surface area contributed by atoms with Crippen molar-refractivity contribution in [2.75, 3.05) is 6.54 Å². The van der Waals surface area contributed by atoms with E-state index in [2.05, 4.69) is 39.3 Å². The van der Waals surface area contributed by atoms with Crippen molar-refractivity contribution in [3.05, 3.63) is 18.3 Å². The van der Waals surface area contributed by atoms with Gasteiger partial charge >= 0.3 is 0 Å². The SMILES string of the molecule is CCCNC(C)Cc1nc(-c2ncc[nH]2)no1. The molecule has 6 nitrogen and oxygen atoms in total. The van der Waals surface area contributed by atoms with E-state index in [1.807, 2.05) is 0 Å². The lowest BCUT2D eigenvalue weighted by molar-refractivity contribution is 0.361. The number of H-pyrrole nitrogens is 1. The van der Waals surface area contributed by atoms with Crippen LogP contribution in [-0.2, 0) is 6.42 Å². The normalized spacial score (nSPS) is 12.8. The first-order chi connectivity index (χ1) is 8.29. The fraction of sp³-hybridized carbons (Fsp3) is 0.545. The van der Waals surface area contributed by atoms with Gasteiger partial charge in [0.25, 0.3) is 0 Å². The monoisotopic (exact) mass is 235 g/mol. The first kappa shape index (κ1) is 11.8. The topological polar surface area (TPSA) is 79.6 Å². The van der Waals surface area contributed by atoms with Crippen LogP contribution in [0.3, 0.4) is 0 Å². The smallest absolute Gasteiger partial charge is 0.238 e. The highest BCUT2D eigenvalue weighted by molar-refractivity contribution is 5.40. The molecule has 0 radical (unpaired) electrons. The molecule has 0 bridgehead atoms. The zero-order valence-corrected chi connectivity index (χ0v) is 10.1. The average molecular weight is 235 g/mol. The highest BCUT2D eigenvalue weighted by atomic mass is 16.5. The molecule has 0 saturated carbocycles. The second-order valence-corrected chi connectivity index (χ2v) is 4.01. The fourth-order valence-electron chi connectivity index (χ4n) is 1.55. The third-order valence-electron chi connectivity index (χ3n) is 2.40. The number of aromatic amines is 1. The molecule has 0 aliphatic heterocycles. The predicted octanol–water partition coefficient (Wildman–Crippen LogP) is 1.39. The van der Waals surface area contributed by atoms with E-state index in [-0.39, 0.29) is 0 Å². The van der Waals surface area contributed by atoms with Gasteiger partial charge < -0.3 is 14.8 Å². The zero-order chi connectivity index (χ0) is 12.1. The van der Waals surface area contributed by atoms with E-state index in [0.717, 1.165) is 19.4 Å². The fourth-order valence-corrected chi connectivity index (χ4v) is 1.55. The molecule has 2 rings (SSSR count). The Bertz CT molecular complexity index is 436. The molecule has 6 heteroatoms. The van der Waals surface area contributed by atoms with Gasteiger partial charge in [0.05, 0.1) is 0 Å².